The van der Waals surface area contributed by atoms with Crippen LogP contribution < -0.4 is 5.32 Å². The molecule has 0 spiro atoms. The van der Waals surface area contributed by atoms with E-state index in [1.165, 1.54) is 6.54 Å². The molecule has 0 aromatic rings. The van der Waals surface area contributed by atoms with Gasteiger partial charge in [0.05, 0.1) is 0 Å². The third-order valence-electron chi connectivity index (χ3n) is 3.06. The molecule has 1 aliphatic heterocycles. The van der Waals surface area contributed by atoms with Gasteiger partial charge in [0.2, 0.25) is 0 Å². The normalized spacial score (nSPS) is 28.3. The minimum atomic E-state index is -0.646. The molecule has 3 unspecified atom stereocenters. The first-order valence-corrected chi connectivity index (χ1v) is 7.57. The maximum Gasteiger partial charge on any atom is 0.0246 e. The molecule has 0 aliphatic carbocycles. The van der Waals surface area contributed by atoms with Gasteiger partial charge in [-0.05, 0) is 25.8 Å². The maximum atomic E-state index is 11.0. The Labute approximate surface area is 96.1 Å². The summed E-state index contributed by atoms with van der Waals surface area (Å²) in [5, 5.41) is 3.45. The van der Waals surface area contributed by atoms with Gasteiger partial charge in [-0.1, -0.05) is 6.92 Å². The largest absolute Gasteiger partial charge is 0.315 e. The van der Waals surface area contributed by atoms with Crippen molar-refractivity contribution in [1.29, 1.82) is 0 Å². The third-order valence-corrected chi connectivity index (χ3v) is 3.87. The highest BCUT2D eigenvalue weighted by Crippen LogP contribution is 2.09. The van der Waals surface area contributed by atoms with Crippen molar-refractivity contribution in [3.63, 3.8) is 0 Å². The van der Waals surface area contributed by atoms with Gasteiger partial charge in [-0.15, -0.1) is 0 Å². The van der Waals surface area contributed by atoms with E-state index < -0.39 is 10.8 Å². The number of hydrogen-bond donors (Lipinski definition) is 1. The van der Waals surface area contributed by atoms with E-state index in [1.807, 2.05) is 0 Å². The summed E-state index contributed by atoms with van der Waals surface area (Å²) >= 11 is 0. The van der Waals surface area contributed by atoms with Crippen molar-refractivity contribution >= 4 is 10.8 Å². The number of nitrogens with zero attached hydrogens (tertiary/aromatic N) is 1. The second-order valence-corrected chi connectivity index (χ2v) is 6.27. The third kappa shape index (κ3) is 5.09. The molecule has 1 heterocycles. The molecular weight excluding hydrogens is 208 g/mol. The Balaban J connectivity index is 2.35. The first kappa shape index (κ1) is 13.1. The van der Waals surface area contributed by atoms with Gasteiger partial charge in [0.1, 0.15) is 0 Å². The minimum Gasteiger partial charge on any atom is -0.315 e. The maximum absolute atomic E-state index is 11.0. The van der Waals surface area contributed by atoms with Crippen molar-refractivity contribution in [3.8, 4) is 0 Å². The molecule has 4 heteroatoms. The Kier molecular flexibility index (Phi) is 5.79. The van der Waals surface area contributed by atoms with E-state index in [2.05, 4.69) is 24.1 Å². The van der Waals surface area contributed by atoms with Crippen LogP contribution in [-0.2, 0) is 10.8 Å². The van der Waals surface area contributed by atoms with Crippen LogP contribution in [0.2, 0.25) is 0 Å². The van der Waals surface area contributed by atoms with E-state index in [9.17, 15) is 4.21 Å². The summed E-state index contributed by atoms with van der Waals surface area (Å²) in [6.45, 7) is 9.06. The first-order valence-electron chi connectivity index (χ1n) is 5.84. The number of nitrogens with one attached hydrogen (secondary N) is 1. The molecule has 0 aromatic heterocycles. The first-order chi connectivity index (χ1) is 7.09. The van der Waals surface area contributed by atoms with Crippen molar-refractivity contribution in [3.05, 3.63) is 0 Å². The van der Waals surface area contributed by atoms with Crippen LogP contribution >= 0.6 is 0 Å². The smallest absolute Gasteiger partial charge is 0.0246 e. The molecule has 90 valence electrons. The Bertz CT molecular complexity index is 211. The molecule has 1 rings (SSSR count). The average molecular weight is 232 g/mol. The van der Waals surface area contributed by atoms with E-state index in [1.54, 1.807) is 6.26 Å². The Morgan fingerprint density at radius 1 is 1.60 bits per heavy atom. The highest BCUT2D eigenvalue weighted by atomic mass is 32.2. The van der Waals surface area contributed by atoms with Crippen LogP contribution in [0.1, 0.15) is 20.3 Å². The highest BCUT2D eigenvalue weighted by Gasteiger charge is 2.18. The van der Waals surface area contributed by atoms with Crippen molar-refractivity contribution < 1.29 is 4.21 Å². The summed E-state index contributed by atoms with van der Waals surface area (Å²) in [5.74, 6) is 1.56. The van der Waals surface area contributed by atoms with Crippen LogP contribution in [0.15, 0.2) is 0 Å². The van der Waals surface area contributed by atoms with Gasteiger partial charge in [0.25, 0.3) is 0 Å². The van der Waals surface area contributed by atoms with Crippen LogP contribution in [0.5, 0.6) is 0 Å². The lowest BCUT2D eigenvalue weighted by molar-refractivity contribution is 0.199. The Hall–Kier alpha value is 0.0700. The van der Waals surface area contributed by atoms with Crippen molar-refractivity contribution in [2.24, 2.45) is 5.92 Å². The zero-order valence-corrected chi connectivity index (χ0v) is 11.0. The lowest BCUT2D eigenvalue weighted by Crippen LogP contribution is -2.38. The van der Waals surface area contributed by atoms with E-state index >= 15 is 0 Å². The monoisotopic (exact) mass is 232 g/mol. The van der Waals surface area contributed by atoms with Gasteiger partial charge in [0, 0.05) is 48.5 Å². The van der Waals surface area contributed by atoms with Gasteiger partial charge < -0.3 is 5.32 Å². The molecule has 1 N–H and O–H groups in total. The van der Waals surface area contributed by atoms with Crippen molar-refractivity contribution in [2.45, 2.75) is 26.3 Å². The Morgan fingerprint density at radius 3 is 3.00 bits per heavy atom. The van der Waals surface area contributed by atoms with Crippen LogP contribution in [-0.4, -0.2) is 53.3 Å². The lowest BCUT2D eigenvalue weighted by Gasteiger charge is -2.28. The quantitative estimate of drug-likeness (QED) is 0.774. The van der Waals surface area contributed by atoms with Crippen LogP contribution in [0, 0.1) is 5.92 Å². The fourth-order valence-electron chi connectivity index (χ4n) is 2.05. The average Bonchev–Trinajstić information content (AvgIpc) is 2.39. The highest BCUT2D eigenvalue weighted by molar-refractivity contribution is 7.84. The van der Waals surface area contributed by atoms with Crippen LogP contribution in [0.3, 0.4) is 0 Å². The van der Waals surface area contributed by atoms with Crippen LogP contribution in [0.4, 0.5) is 0 Å². The fraction of sp³-hybridized carbons (Fsp3) is 1.00. The summed E-state index contributed by atoms with van der Waals surface area (Å²) in [7, 11) is -0.646. The summed E-state index contributed by atoms with van der Waals surface area (Å²) < 4.78 is 11.0. The van der Waals surface area contributed by atoms with E-state index in [0.29, 0.717) is 6.04 Å². The van der Waals surface area contributed by atoms with Gasteiger partial charge in [-0.3, -0.25) is 9.11 Å². The second kappa shape index (κ2) is 6.61. The predicted octanol–water partition coefficient (Wildman–Crippen LogP) is 0.685. The van der Waals surface area contributed by atoms with Gasteiger partial charge in [-0.2, -0.15) is 0 Å². The molecule has 3 atom stereocenters. The van der Waals surface area contributed by atoms with E-state index in [0.717, 1.165) is 37.7 Å². The molecule has 1 aliphatic rings. The van der Waals surface area contributed by atoms with Crippen LogP contribution in [0.25, 0.3) is 0 Å². The zero-order valence-electron chi connectivity index (χ0n) is 10.2. The molecule has 1 fully saturated rings. The van der Waals surface area contributed by atoms with E-state index in [-0.39, 0.29) is 0 Å². The van der Waals surface area contributed by atoms with Crippen molar-refractivity contribution in [1.82, 2.24) is 10.2 Å². The van der Waals surface area contributed by atoms with Gasteiger partial charge in [0.15, 0.2) is 0 Å². The molecule has 3 nitrogen and oxygen atoms in total. The molecular formula is C11H24N2OS. The predicted molar refractivity (Wildman–Crippen MR) is 66.6 cm³/mol. The standard InChI is InChI=1S/C11H24N2OS/c1-10-8-12-5-6-13(9-10)11(2)4-7-15(3)14/h10-12H,4-9H2,1-3H3. The molecule has 0 radical (unpaired) electrons. The summed E-state index contributed by atoms with van der Waals surface area (Å²) in [6.07, 6.45) is 2.84. The summed E-state index contributed by atoms with van der Waals surface area (Å²) in [6, 6.07) is 0.566. The topological polar surface area (TPSA) is 32.3 Å². The molecule has 0 aromatic carbocycles. The number of hydrogen-bond acceptors (Lipinski definition) is 3. The van der Waals surface area contributed by atoms with Crippen molar-refractivity contribution in [2.75, 3.05) is 38.2 Å². The van der Waals surface area contributed by atoms with E-state index in [4.69, 9.17) is 0 Å². The zero-order chi connectivity index (χ0) is 11.3. The SMILES string of the molecule is CC1CNCCN(C(C)CCS(C)=O)C1. The summed E-state index contributed by atoms with van der Waals surface area (Å²) in [5.41, 5.74) is 0. The van der Waals surface area contributed by atoms with Gasteiger partial charge >= 0.3 is 0 Å². The summed E-state index contributed by atoms with van der Waals surface area (Å²) in [4.78, 5) is 2.53. The molecule has 1 saturated heterocycles. The molecule has 15 heavy (non-hydrogen) atoms. The molecule has 0 saturated carbocycles. The second-order valence-electron chi connectivity index (χ2n) is 4.72. The van der Waals surface area contributed by atoms with Gasteiger partial charge in [-0.25, -0.2) is 0 Å². The fourth-order valence-corrected chi connectivity index (χ4v) is 2.72. The number of rotatable bonds is 4. The molecule has 0 bridgehead atoms. The molecule has 0 amide bonds. The lowest BCUT2D eigenvalue weighted by atomic mass is 10.1. The Morgan fingerprint density at radius 2 is 2.33 bits per heavy atom. The minimum absolute atomic E-state index is 0.566.